The van der Waals surface area contributed by atoms with Crippen molar-refractivity contribution in [3.8, 4) is 17.1 Å². The van der Waals surface area contributed by atoms with E-state index in [1.54, 1.807) is 4.90 Å². The smallest absolute Gasteiger partial charge is 0.322 e. The van der Waals surface area contributed by atoms with Crippen LogP contribution in [0.2, 0.25) is 0 Å². The Bertz CT molecular complexity index is 1460. The summed E-state index contributed by atoms with van der Waals surface area (Å²) in [6.45, 7) is 8.98. The zero-order valence-corrected chi connectivity index (χ0v) is 21.5. The molecule has 3 aromatic carbocycles. The molecule has 0 bridgehead atoms. The summed E-state index contributed by atoms with van der Waals surface area (Å²) < 4.78 is 11.5. The van der Waals surface area contributed by atoms with Gasteiger partial charge in [-0.15, -0.1) is 0 Å². The molecular weight excluding hydrogens is 464 g/mol. The molecule has 5 rings (SSSR count). The van der Waals surface area contributed by atoms with E-state index >= 15 is 0 Å². The predicted molar refractivity (Wildman–Crippen MR) is 143 cm³/mol. The number of amides is 2. The van der Waals surface area contributed by atoms with E-state index in [1.807, 2.05) is 74.5 Å². The molecular formula is C30H30N4O3. The van der Waals surface area contributed by atoms with Crippen LogP contribution < -0.4 is 10.1 Å². The average molecular weight is 495 g/mol. The van der Waals surface area contributed by atoms with Crippen molar-refractivity contribution in [2.45, 2.75) is 40.3 Å². The van der Waals surface area contributed by atoms with Gasteiger partial charge in [0, 0.05) is 11.3 Å². The Morgan fingerprint density at radius 2 is 1.78 bits per heavy atom. The van der Waals surface area contributed by atoms with Gasteiger partial charge in [-0.1, -0.05) is 65.8 Å². The van der Waals surface area contributed by atoms with Crippen molar-refractivity contribution in [1.82, 2.24) is 20.4 Å². The Hall–Kier alpha value is -4.39. The predicted octanol–water partition coefficient (Wildman–Crippen LogP) is 6.45. The lowest BCUT2D eigenvalue weighted by Gasteiger charge is -2.35. The number of hydrogen-bond acceptors (Lipinski definition) is 5. The Kier molecular flexibility index (Phi) is 6.77. The molecule has 188 valence electrons. The van der Waals surface area contributed by atoms with Crippen molar-refractivity contribution >= 4 is 11.6 Å². The molecule has 0 spiro atoms. The highest BCUT2D eigenvalue weighted by Gasteiger charge is 2.36. The van der Waals surface area contributed by atoms with Crippen molar-refractivity contribution in [3.63, 3.8) is 0 Å². The summed E-state index contributed by atoms with van der Waals surface area (Å²) in [4.78, 5) is 19.9. The van der Waals surface area contributed by atoms with Crippen molar-refractivity contribution in [2.24, 2.45) is 0 Å². The number of carbonyl (C=O) groups is 1. The zero-order chi connectivity index (χ0) is 25.9. The standard InChI is InChI=1S/C30H30N4O3/c1-5-36-25-13-9-10-22(17-25)18-34-21(4)26(29-32-28(33-37-29)23-11-7-6-8-12-23)27(31-30(34)35)24-15-14-19(2)20(3)16-24/h6-17,27H,5,18H2,1-4H3,(H,31,35). The molecule has 7 nitrogen and oxygen atoms in total. The minimum atomic E-state index is -0.429. The van der Waals surface area contributed by atoms with Crippen LogP contribution in [0.1, 0.15) is 48.0 Å². The van der Waals surface area contributed by atoms with E-state index in [2.05, 4.69) is 36.5 Å². The summed E-state index contributed by atoms with van der Waals surface area (Å²) in [6.07, 6.45) is 0. The van der Waals surface area contributed by atoms with Gasteiger partial charge in [0.15, 0.2) is 0 Å². The van der Waals surface area contributed by atoms with Crippen LogP contribution in [0.15, 0.2) is 83.0 Å². The number of nitrogens with one attached hydrogen (secondary N) is 1. The molecule has 1 aromatic heterocycles. The van der Waals surface area contributed by atoms with Gasteiger partial charge in [-0.05, 0) is 62.1 Å². The molecule has 1 aliphatic rings. The quantitative estimate of drug-likeness (QED) is 0.319. The summed E-state index contributed by atoms with van der Waals surface area (Å²) in [5, 5.41) is 7.44. The van der Waals surface area contributed by atoms with E-state index in [1.165, 1.54) is 5.56 Å². The first-order valence-corrected chi connectivity index (χ1v) is 12.4. The lowest BCUT2D eigenvalue weighted by Crippen LogP contribution is -2.45. The Morgan fingerprint density at radius 1 is 0.973 bits per heavy atom. The molecule has 1 N–H and O–H groups in total. The van der Waals surface area contributed by atoms with Crippen LogP contribution in [-0.2, 0) is 6.54 Å². The molecule has 7 heteroatoms. The molecule has 0 saturated heterocycles. The van der Waals surface area contributed by atoms with Gasteiger partial charge in [0.1, 0.15) is 5.75 Å². The van der Waals surface area contributed by atoms with Crippen LogP contribution in [-0.4, -0.2) is 27.7 Å². The first kappa shape index (κ1) is 24.3. The summed E-state index contributed by atoms with van der Waals surface area (Å²) >= 11 is 0. The third kappa shape index (κ3) is 4.98. The highest BCUT2D eigenvalue weighted by atomic mass is 16.5. The summed E-state index contributed by atoms with van der Waals surface area (Å²) in [6, 6.07) is 23.1. The highest BCUT2D eigenvalue weighted by molar-refractivity contribution is 5.87. The minimum Gasteiger partial charge on any atom is -0.494 e. The first-order valence-electron chi connectivity index (χ1n) is 12.4. The lowest BCUT2D eigenvalue weighted by molar-refractivity contribution is 0.203. The van der Waals surface area contributed by atoms with Crippen LogP contribution in [0.25, 0.3) is 17.0 Å². The largest absolute Gasteiger partial charge is 0.494 e. The molecule has 0 radical (unpaired) electrons. The maximum Gasteiger partial charge on any atom is 0.322 e. The second-order valence-electron chi connectivity index (χ2n) is 9.18. The number of allylic oxidation sites excluding steroid dienone is 1. The zero-order valence-electron chi connectivity index (χ0n) is 21.5. The number of carbonyl (C=O) groups excluding carboxylic acids is 1. The van der Waals surface area contributed by atoms with Crippen molar-refractivity contribution < 1.29 is 14.1 Å². The van der Waals surface area contributed by atoms with Gasteiger partial charge in [-0.3, -0.25) is 4.90 Å². The molecule has 2 amide bonds. The van der Waals surface area contributed by atoms with Gasteiger partial charge in [0.05, 0.1) is 24.8 Å². The Labute approximate surface area is 216 Å². The maximum atomic E-state index is 13.4. The first-order chi connectivity index (χ1) is 17.9. The molecule has 1 atom stereocenters. The number of aryl methyl sites for hydroxylation is 2. The van der Waals surface area contributed by atoms with Gasteiger partial charge in [-0.2, -0.15) is 4.98 Å². The molecule has 0 aliphatic carbocycles. The Morgan fingerprint density at radius 3 is 2.54 bits per heavy atom. The minimum absolute atomic E-state index is 0.186. The highest BCUT2D eigenvalue weighted by Crippen LogP contribution is 2.38. The van der Waals surface area contributed by atoms with Crippen LogP contribution in [0.5, 0.6) is 5.75 Å². The monoisotopic (exact) mass is 494 g/mol. The third-order valence-electron chi connectivity index (χ3n) is 6.70. The van der Waals surface area contributed by atoms with E-state index in [4.69, 9.17) is 14.2 Å². The summed E-state index contributed by atoms with van der Waals surface area (Å²) in [5.41, 5.74) is 6.66. The number of aromatic nitrogens is 2. The van der Waals surface area contributed by atoms with Crippen molar-refractivity contribution in [3.05, 3.63) is 107 Å². The molecule has 37 heavy (non-hydrogen) atoms. The van der Waals surface area contributed by atoms with E-state index in [9.17, 15) is 4.79 Å². The van der Waals surface area contributed by atoms with Gasteiger partial charge in [0.25, 0.3) is 5.89 Å². The molecule has 0 fully saturated rings. The molecule has 4 aromatic rings. The van der Waals surface area contributed by atoms with Crippen LogP contribution >= 0.6 is 0 Å². The van der Waals surface area contributed by atoms with E-state index in [0.717, 1.165) is 39.3 Å². The Balaban J connectivity index is 1.59. The lowest BCUT2D eigenvalue weighted by atomic mass is 9.92. The number of nitrogens with zero attached hydrogens (tertiary/aromatic N) is 3. The molecule has 1 unspecified atom stereocenters. The van der Waals surface area contributed by atoms with Crippen molar-refractivity contribution in [2.75, 3.05) is 6.61 Å². The van der Waals surface area contributed by atoms with Gasteiger partial charge >= 0.3 is 6.03 Å². The van der Waals surface area contributed by atoms with E-state index in [-0.39, 0.29) is 6.03 Å². The second kappa shape index (κ2) is 10.3. The van der Waals surface area contributed by atoms with E-state index in [0.29, 0.717) is 24.9 Å². The maximum absolute atomic E-state index is 13.4. The molecule has 0 saturated carbocycles. The fourth-order valence-corrected chi connectivity index (χ4v) is 4.56. The van der Waals surface area contributed by atoms with Crippen LogP contribution in [0.4, 0.5) is 4.79 Å². The normalized spacial score (nSPS) is 15.6. The van der Waals surface area contributed by atoms with Gasteiger partial charge in [-0.25, -0.2) is 4.79 Å². The summed E-state index contributed by atoms with van der Waals surface area (Å²) in [5.74, 6) is 1.66. The number of rotatable bonds is 7. The number of hydrogen-bond donors (Lipinski definition) is 1. The molecule has 1 aliphatic heterocycles. The SMILES string of the molecule is CCOc1cccc(CN2C(=O)NC(c3ccc(C)c(C)c3)C(c3nc(-c4ccccc4)no3)=C2C)c1. The fourth-order valence-electron chi connectivity index (χ4n) is 4.56. The average Bonchev–Trinajstić information content (AvgIpc) is 3.39. The van der Waals surface area contributed by atoms with Crippen LogP contribution in [0, 0.1) is 13.8 Å². The number of ether oxygens (including phenoxy) is 1. The number of benzene rings is 3. The van der Waals surface area contributed by atoms with E-state index < -0.39 is 6.04 Å². The topological polar surface area (TPSA) is 80.5 Å². The fraction of sp³-hybridized carbons (Fsp3) is 0.233. The van der Waals surface area contributed by atoms with Gasteiger partial charge < -0.3 is 14.6 Å². The van der Waals surface area contributed by atoms with Crippen LogP contribution in [0.3, 0.4) is 0 Å². The summed E-state index contributed by atoms with van der Waals surface area (Å²) in [7, 11) is 0. The number of urea groups is 1. The second-order valence-corrected chi connectivity index (χ2v) is 9.18. The molecule has 2 heterocycles. The third-order valence-corrected chi connectivity index (χ3v) is 6.70. The van der Waals surface area contributed by atoms with Gasteiger partial charge in [0.2, 0.25) is 5.82 Å². The van der Waals surface area contributed by atoms with Crippen molar-refractivity contribution in [1.29, 1.82) is 0 Å².